The molecule has 0 unspecified atom stereocenters. The summed E-state index contributed by atoms with van der Waals surface area (Å²) in [6, 6.07) is 3.90. The van der Waals surface area contributed by atoms with Crippen LogP contribution in [0.5, 0.6) is 0 Å². The Morgan fingerprint density at radius 3 is 2.53 bits per heavy atom. The molecule has 88 valence electrons. The standard InChI is InChI=1S/C12H12N2O2S/c1-7-4-9(5-8(2)14-7)11-13-6-10(17-11)12(15)16-3/h4-6H,1-3H3. The minimum Gasteiger partial charge on any atom is -0.465 e. The van der Waals surface area contributed by atoms with Crippen molar-refractivity contribution in [2.24, 2.45) is 0 Å². The lowest BCUT2D eigenvalue weighted by atomic mass is 10.2. The Kier molecular flexibility index (Phi) is 3.19. The Labute approximate surface area is 103 Å². The van der Waals surface area contributed by atoms with Crippen molar-refractivity contribution < 1.29 is 9.53 Å². The van der Waals surface area contributed by atoms with Crippen LogP contribution in [0.15, 0.2) is 18.3 Å². The molecule has 0 aliphatic carbocycles. The molecule has 0 amide bonds. The number of esters is 1. The maximum Gasteiger partial charge on any atom is 0.349 e. The number of carbonyl (C=O) groups is 1. The lowest BCUT2D eigenvalue weighted by molar-refractivity contribution is 0.0606. The predicted molar refractivity (Wildman–Crippen MR) is 66.2 cm³/mol. The fraction of sp³-hybridized carbons (Fsp3) is 0.250. The highest BCUT2D eigenvalue weighted by atomic mass is 32.1. The smallest absolute Gasteiger partial charge is 0.349 e. The summed E-state index contributed by atoms with van der Waals surface area (Å²) in [6.45, 7) is 3.87. The van der Waals surface area contributed by atoms with E-state index in [-0.39, 0.29) is 5.97 Å². The number of aromatic nitrogens is 2. The molecule has 0 spiro atoms. The number of carbonyl (C=O) groups excluding carboxylic acids is 1. The highest BCUT2D eigenvalue weighted by molar-refractivity contribution is 7.16. The first kappa shape index (κ1) is 11.7. The van der Waals surface area contributed by atoms with Gasteiger partial charge in [0, 0.05) is 17.0 Å². The highest BCUT2D eigenvalue weighted by Gasteiger charge is 2.12. The van der Waals surface area contributed by atoms with Crippen LogP contribution in [-0.2, 0) is 4.74 Å². The van der Waals surface area contributed by atoms with E-state index in [2.05, 4.69) is 14.7 Å². The summed E-state index contributed by atoms with van der Waals surface area (Å²) in [5, 5.41) is 0.805. The van der Waals surface area contributed by atoms with Gasteiger partial charge in [0.05, 0.1) is 13.3 Å². The van der Waals surface area contributed by atoms with Crippen molar-refractivity contribution >= 4 is 17.3 Å². The van der Waals surface area contributed by atoms with E-state index in [4.69, 9.17) is 0 Å². The van der Waals surface area contributed by atoms with E-state index in [1.165, 1.54) is 24.6 Å². The van der Waals surface area contributed by atoms with Crippen LogP contribution in [0.1, 0.15) is 21.1 Å². The summed E-state index contributed by atoms with van der Waals surface area (Å²) in [5.74, 6) is -0.351. The summed E-state index contributed by atoms with van der Waals surface area (Å²) < 4.78 is 4.65. The third-order valence-electron chi connectivity index (χ3n) is 2.22. The number of ether oxygens (including phenoxy) is 1. The van der Waals surface area contributed by atoms with Gasteiger partial charge in [-0.1, -0.05) is 0 Å². The SMILES string of the molecule is COC(=O)c1cnc(-c2cc(C)nc(C)c2)s1. The van der Waals surface area contributed by atoms with Gasteiger partial charge in [0.1, 0.15) is 9.88 Å². The molecule has 2 aromatic heterocycles. The zero-order valence-corrected chi connectivity index (χ0v) is 10.7. The quantitative estimate of drug-likeness (QED) is 0.766. The number of hydrogen-bond donors (Lipinski definition) is 0. The Balaban J connectivity index is 2.40. The van der Waals surface area contributed by atoms with E-state index >= 15 is 0 Å². The third-order valence-corrected chi connectivity index (χ3v) is 3.25. The van der Waals surface area contributed by atoms with E-state index < -0.39 is 0 Å². The first-order valence-electron chi connectivity index (χ1n) is 5.10. The second kappa shape index (κ2) is 4.63. The normalized spacial score (nSPS) is 10.3. The molecule has 0 aromatic carbocycles. The van der Waals surface area contributed by atoms with Crippen molar-refractivity contribution in [1.82, 2.24) is 9.97 Å². The van der Waals surface area contributed by atoms with E-state index in [0.29, 0.717) is 4.88 Å². The lowest BCUT2D eigenvalue weighted by Gasteiger charge is -2.00. The van der Waals surface area contributed by atoms with Gasteiger partial charge in [0.25, 0.3) is 0 Å². The summed E-state index contributed by atoms with van der Waals surface area (Å²) in [7, 11) is 1.36. The van der Waals surface area contributed by atoms with Crippen molar-refractivity contribution in [3.05, 3.63) is 34.6 Å². The predicted octanol–water partition coefficient (Wildman–Crippen LogP) is 2.61. The summed E-state index contributed by atoms with van der Waals surface area (Å²) in [4.78, 5) is 20.4. The zero-order chi connectivity index (χ0) is 12.4. The maximum atomic E-state index is 11.3. The van der Waals surface area contributed by atoms with Crippen LogP contribution in [0, 0.1) is 13.8 Å². The molecular formula is C12H12N2O2S. The lowest BCUT2D eigenvalue weighted by Crippen LogP contribution is -1.96. The van der Waals surface area contributed by atoms with Gasteiger partial charge in [-0.3, -0.25) is 4.98 Å². The Bertz CT molecular complexity index is 543. The van der Waals surface area contributed by atoms with Crippen molar-refractivity contribution in [1.29, 1.82) is 0 Å². The van der Waals surface area contributed by atoms with E-state index in [9.17, 15) is 4.79 Å². The van der Waals surface area contributed by atoms with Crippen LogP contribution in [0.3, 0.4) is 0 Å². The van der Waals surface area contributed by atoms with Crippen molar-refractivity contribution in [2.45, 2.75) is 13.8 Å². The number of rotatable bonds is 2. The van der Waals surface area contributed by atoms with Crippen molar-refractivity contribution in [3.63, 3.8) is 0 Å². The van der Waals surface area contributed by atoms with Crippen LogP contribution < -0.4 is 0 Å². The molecule has 2 heterocycles. The molecule has 0 radical (unpaired) electrons. The molecule has 0 bridgehead atoms. The van der Waals surface area contributed by atoms with E-state index in [0.717, 1.165) is 22.0 Å². The molecule has 0 aliphatic rings. The van der Waals surface area contributed by atoms with Crippen LogP contribution in [0.2, 0.25) is 0 Å². The van der Waals surface area contributed by atoms with Crippen LogP contribution >= 0.6 is 11.3 Å². The largest absolute Gasteiger partial charge is 0.465 e. The Morgan fingerprint density at radius 1 is 1.29 bits per heavy atom. The first-order chi connectivity index (χ1) is 8.10. The van der Waals surface area contributed by atoms with Crippen molar-refractivity contribution in [3.8, 4) is 10.6 Å². The molecule has 5 heteroatoms. The first-order valence-corrected chi connectivity index (χ1v) is 5.91. The van der Waals surface area contributed by atoms with E-state index in [1.807, 2.05) is 26.0 Å². The van der Waals surface area contributed by atoms with Crippen LogP contribution in [0.4, 0.5) is 0 Å². The third kappa shape index (κ3) is 2.50. The molecule has 0 N–H and O–H groups in total. The van der Waals surface area contributed by atoms with Gasteiger partial charge >= 0.3 is 5.97 Å². The van der Waals surface area contributed by atoms with Gasteiger partial charge in [-0.25, -0.2) is 9.78 Å². The minimum atomic E-state index is -0.351. The van der Waals surface area contributed by atoms with Gasteiger partial charge in [-0.05, 0) is 26.0 Å². The zero-order valence-electron chi connectivity index (χ0n) is 9.85. The second-order valence-electron chi connectivity index (χ2n) is 3.66. The molecular weight excluding hydrogens is 236 g/mol. The van der Waals surface area contributed by atoms with Gasteiger partial charge < -0.3 is 4.74 Å². The molecule has 0 saturated carbocycles. The number of methoxy groups -OCH3 is 1. The van der Waals surface area contributed by atoms with Gasteiger partial charge in [-0.2, -0.15) is 0 Å². The molecule has 4 nitrogen and oxygen atoms in total. The fourth-order valence-corrected chi connectivity index (χ4v) is 2.38. The van der Waals surface area contributed by atoms with E-state index in [1.54, 1.807) is 0 Å². The number of nitrogens with zero attached hydrogens (tertiary/aromatic N) is 2. The highest BCUT2D eigenvalue weighted by Crippen LogP contribution is 2.26. The van der Waals surface area contributed by atoms with Crippen molar-refractivity contribution in [2.75, 3.05) is 7.11 Å². The summed E-state index contributed by atoms with van der Waals surface area (Å²) in [6.07, 6.45) is 1.54. The molecule has 0 atom stereocenters. The second-order valence-corrected chi connectivity index (χ2v) is 4.69. The number of pyridine rings is 1. The topological polar surface area (TPSA) is 52.1 Å². The molecule has 0 aliphatic heterocycles. The maximum absolute atomic E-state index is 11.3. The Hall–Kier alpha value is -1.75. The summed E-state index contributed by atoms with van der Waals surface area (Å²) in [5.41, 5.74) is 2.86. The average molecular weight is 248 g/mol. The molecule has 0 fully saturated rings. The molecule has 2 aromatic rings. The minimum absolute atomic E-state index is 0.351. The molecule has 2 rings (SSSR count). The molecule has 17 heavy (non-hydrogen) atoms. The number of thiazole rings is 1. The van der Waals surface area contributed by atoms with Crippen LogP contribution in [-0.4, -0.2) is 23.0 Å². The average Bonchev–Trinajstić information content (AvgIpc) is 2.76. The molecule has 0 saturated heterocycles. The van der Waals surface area contributed by atoms with Gasteiger partial charge in [-0.15, -0.1) is 11.3 Å². The van der Waals surface area contributed by atoms with Gasteiger partial charge in [0.15, 0.2) is 0 Å². The number of hydrogen-bond acceptors (Lipinski definition) is 5. The van der Waals surface area contributed by atoms with Gasteiger partial charge in [0.2, 0.25) is 0 Å². The van der Waals surface area contributed by atoms with Crippen LogP contribution in [0.25, 0.3) is 10.6 Å². The number of aryl methyl sites for hydroxylation is 2. The fourth-order valence-electron chi connectivity index (χ4n) is 1.56. The Morgan fingerprint density at radius 2 is 1.94 bits per heavy atom. The summed E-state index contributed by atoms with van der Waals surface area (Å²) >= 11 is 1.32. The monoisotopic (exact) mass is 248 g/mol.